The summed E-state index contributed by atoms with van der Waals surface area (Å²) in [4.78, 5) is 24.3. The van der Waals surface area contributed by atoms with E-state index in [0.29, 0.717) is 17.8 Å². The Labute approximate surface area is 111 Å². The molecule has 1 aromatic rings. The Morgan fingerprint density at radius 1 is 1.28 bits per heavy atom. The average Bonchev–Trinajstić information content (AvgIpc) is 2.29. The van der Waals surface area contributed by atoms with E-state index in [-0.39, 0.29) is 5.91 Å². The molecule has 1 aromatic carbocycles. The normalized spacial score (nSPS) is 10.9. The number of halogens is 1. The summed E-state index contributed by atoms with van der Waals surface area (Å²) in [6.45, 7) is 0.701. The molecule has 0 aromatic heterocycles. The van der Waals surface area contributed by atoms with Crippen molar-refractivity contribution in [1.82, 2.24) is 4.90 Å². The molecule has 0 aliphatic carbocycles. The average molecular weight is 267 g/mol. The zero-order valence-electron chi connectivity index (χ0n) is 10.3. The maximum absolute atomic E-state index is 11.5. The number of rotatable bonds is 5. The summed E-state index contributed by atoms with van der Waals surface area (Å²) in [5.74, 6) is -0.207. The van der Waals surface area contributed by atoms with Crippen LogP contribution in [0.5, 0.6) is 0 Å². The summed E-state index contributed by atoms with van der Waals surface area (Å²) in [6, 6.07) is 6.39. The van der Waals surface area contributed by atoms with Crippen LogP contribution in [-0.4, -0.2) is 36.7 Å². The highest BCUT2D eigenvalue weighted by atomic mass is 35.5. The molecule has 96 valence electrons. The van der Waals surface area contributed by atoms with Crippen molar-refractivity contribution in [3.8, 4) is 0 Å². The van der Waals surface area contributed by atoms with Crippen LogP contribution in [0.1, 0.15) is 10.4 Å². The fourth-order valence-corrected chi connectivity index (χ4v) is 1.37. The zero-order chi connectivity index (χ0) is 13.5. The number of nitrogens with zero attached hydrogens (tertiary/aromatic N) is 1. The van der Waals surface area contributed by atoms with Crippen molar-refractivity contribution in [3.05, 3.63) is 42.0 Å². The SMILES string of the molecule is CN(C)C/C=C/C(=O)Nc1ccc(C(=O)Cl)cc1. The second-order valence-electron chi connectivity index (χ2n) is 4.00. The van der Waals surface area contributed by atoms with Crippen molar-refractivity contribution in [1.29, 1.82) is 0 Å². The van der Waals surface area contributed by atoms with Crippen LogP contribution in [0.15, 0.2) is 36.4 Å². The van der Waals surface area contributed by atoms with Crippen LogP contribution in [0, 0.1) is 0 Å². The number of hydrogen-bond acceptors (Lipinski definition) is 3. The summed E-state index contributed by atoms with van der Waals surface area (Å²) >= 11 is 5.32. The molecule has 0 heterocycles. The van der Waals surface area contributed by atoms with E-state index in [2.05, 4.69) is 5.32 Å². The maximum Gasteiger partial charge on any atom is 0.252 e. The van der Waals surface area contributed by atoms with Gasteiger partial charge in [-0.25, -0.2) is 0 Å². The van der Waals surface area contributed by atoms with Crippen LogP contribution in [-0.2, 0) is 4.79 Å². The molecule has 4 nitrogen and oxygen atoms in total. The van der Waals surface area contributed by atoms with Gasteiger partial charge in [0.15, 0.2) is 0 Å². The van der Waals surface area contributed by atoms with Gasteiger partial charge in [-0.3, -0.25) is 9.59 Å². The Balaban J connectivity index is 2.54. The first-order valence-corrected chi connectivity index (χ1v) is 5.79. The van der Waals surface area contributed by atoms with Crippen LogP contribution in [0.2, 0.25) is 0 Å². The van der Waals surface area contributed by atoms with Crippen LogP contribution < -0.4 is 5.32 Å². The highest BCUT2D eigenvalue weighted by Crippen LogP contribution is 2.11. The predicted octanol–water partition coefficient (Wildman–Crippen LogP) is 2.12. The number of carbonyl (C=O) groups is 2. The van der Waals surface area contributed by atoms with Crippen molar-refractivity contribution < 1.29 is 9.59 Å². The molecule has 1 rings (SSSR count). The standard InChI is InChI=1S/C13H15ClN2O2/c1-16(2)9-3-4-12(17)15-11-7-5-10(6-8-11)13(14)18/h3-8H,9H2,1-2H3,(H,15,17)/b4-3+. The molecule has 1 N–H and O–H groups in total. The van der Waals surface area contributed by atoms with E-state index in [1.165, 1.54) is 6.08 Å². The minimum absolute atomic E-state index is 0.207. The monoisotopic (exact) mass is 266 g/mol. The summed E-state index contributed by atoms with van der Waals surface area (Å²) in [5, 5.41) is 2.17. The molecular formula is C13H15ClN2O2. The van der Waals surface area contributed by atoms with E-state index in [0.717, 1.165) is 0 Å². The quantitative estimate of drug-likeness (QED) is 0.656. The summed E-state index contributed by atoms with van der Waals surface area (Å²) < 4.78 is 0. The molecule has 18 heavy (non-hydrogen) atoms. The molecule has 0 unspecified atom stereocenters. The summed E-state index contributed by atoms with van der Waals surface area (Å²) in [6.07, 6.45) is 3.24. The van der Waals surface area contributed by atoms with Crippen molar-refractivity contribution in [3.63, 3.8) is 0 Å². The second kappa shape index (κ2) is 6.93. The van der Waals surface area contributed by atoms with E-state index in [1.54, 1.807) is 30.3 Å². The Hall–Kier alpha value is -1.65. The van der Waals surface area contributed by atoms with E-state index < -0.39 is 5.24 Å². The lowest BCUT2D eigenvalue weighted by molar-refractivity contribution is -0.111. The fourth-order valence-electron chi connectivity index (χ4n) is 1.24. The van der Waals surface area contributed by atoms with Gasteiger partial charge in [0.2, 0.25) is 5.91 Å². The van der Waals surface area contributed by atoms with Gasteiger partial charge in [0.25, 0.3) is 5.24 Å². The van der Waals surface area contributed by atoms with Gasteiger partial charge in [0.1, 0.15) is 0 Å². The molecule has 0 fully saturated rings. The number of anilines is 1. The predicted molar refractivity (Wildman–Crippen MR) is 72.9 cm³/mol. The van der Waals surface area contributed by atoms with Crippen molar-refractivity contribution in [2.24, 2.45) is 0 Å². The first-order valence-electron chi connectivity index (χ1n) is 5.41. The van der Waals surface area contributed by atoms with E-state index in [1.807, 2.05) is 19.0 Å². The third-order valence-electron chi connectivity index (χ3n) is 2.12. The number of benzene rings is 1. The minimum atomic E-state index is -0.515. The molecule has 0 atom stereocenters. The molecule has 0 saturated heterocycles. The van der Waals surface area contributed by atoms with Gasteiger partial charge in [-0.05, 0) is 50.0 Å². The Bertz CT molecular complexity index is 453. The van der Waals surface area contributed by atoms with Gasteiger partial charge in [0, 0.05) is 23.9 Å². The maximum atomic E-state index is 11.5. The second-order valence-corrected chi connectivity index (χ2v) is 4.35. The van der Waals surface area contributed by atoms with Gasteiger partial charge >= 0.3 is 0 Å². The highest BCUT2D eigenvalue weighted by Gasteiger charge is 2.02. The smallest absolute Gasteiger partial charge is 0.252 e. The Morgan fingerprint density at radius 2 is 1.89 bits per heavy atom. The largest absolute Gasteiger partial charge is 0.323 e. The lowest BCUT2D eigenvalue weighted by Crippen LogP contribution is -2.12. The molecule has 0 bridgehead atoms. The highest BCUT2D eigenvalue weighted by molar-refractivity contribution is 6.67. The molecular weight excluding hydrogens is 252 g/mol. The van der Waals surface area contributed by atoms with Gasteiger partial charge in [-0.2, -0.15) is 0 Å². The van der Waals surface area contributed by atoms with Crippen LogP contribution in [0.3, 0.4) is 0 Å². The molecule has 0 saturated carbocycles. The zero-order valence-corrected chi connectivity index (χ0v) is 11.1. The summed E-state index contributed by atoms with van der Waals surface area (Å²) in [7, 11) is 3.84. The van der Waals surface area contributed by atoms with Crippen molar-refractivity contribution in [2.45, 2.75) is 0 Å². The topological polar surface area (TPSA) is 49.4 Å². The van der Waals surface area contributed by atoms with E-state index >= 15 is 0 Å². The number of nitrogens with one attached hydrogen (secondary N) is 1. The summed E-state index contributed by atoms with van der Waals surface area (Å²) in [5.41, 5.74) is 1.02. The lowest BCUT2D eigenvalue weighted by Gasteiger charge is -2.04. The van der Waals surface area contributed by atoms with Gasteiger partial charge in [-0.1, -0.05) is 6.08 Å². The molecule has 0 aliphatic rings. The third-order valence-corrected chi connectivity index (χ3v) is 2.34. The first kappa shape index (κ1) is 14.4. The van der Waals surface area contributed by atoms with Crippen LogP contribution >= 0.6 is 11.6 Å². The molecule has 5 heteroatoms. The Kier molecular flexibility index (Phi) is 5.55. The molecule has 0 radical (unpaired) electrons. The number of amides is 1. The third kappa shape index (κ3) is 5.12. The van der Waals surface area contributed by atoms with Gasteiger partial charge < -0.3 is 10.2 Å². The van der Waals surface area contributed by atoms with Crippen LogP contribution in [0.25, 0.3) is 0 Å². The number of hydrogen-bond donors (Lipinski definition) is 1. The number of carbonyl (C=O) groups excluding carboxylic acids is 2. The first-order chi connectivity index (χ1) is 8.49. The number of likely N-dealkylation sites (N-methyl/N-ethyl adjacent to an activating group) is 1. The van der Waals surface area contributed by atoms with Crippen molar-refractivity contribution >= 4 is 28.4 Å². The van der Waals surface area contributed by atoms with Crippen molar-refractivity contribution in [2.75, 3.05) is 26.0 Å². The molecule has 0 spiro atoms. The Morgan fingerprint density at radius 3 is 2.39 bits per heavy atom. The van der Waals surface area contributed by atoms with Gasteiger partial charge in [0.05, 0.1) is 0 Å². The van der Waals surface area contributed by atoms with Crippen LogP contribution in [0.4, 0.5) is 5.69 Å². The van der Waals surface area contributed by atoms with E-state index in [4.69, 9.17) is 11.6 Å². The van der Waals surface area contributed by atoms with Gasteiger partial charge in [-0.15, -0.1) is 0 Å². The fraction of sp³-hybridized carbons (Fsp3) is 0.231. The molecule has 0 aliphatic heterocycles. The van der Waals surface area contributed by atoms with E-state index in [9.17, 15) is 9.59 Å². The molecule has 1 amide bonds. The minimum Gasteiger partial charge on any atom is -0.323 e. The lowest BCUT2D eigenvalue weighted by atomic mass is 10.2.